The molecule has 0 radical (unpaired) electrons. The van der Waals surface area contributed by atoms with Crippen molar-refractivity contribution in [3.63, 3.8) is 0 Å². The van der Waals surface area contributed by atoms with E-state index in [9.17, 15) is 4.79 Å². The lowest BCUT2D eigenvalue weighted by molar-refractivity contribution is 0.0697. The highest BCUT2D eigenvalue weighted by Crippen LogP contribution is 2.40. The van der Waals surface area contributed by atoms with Crippen molar-refractivity contribution in [1.29, 1.82) is 0 Å². The lowest BCUT2D eigenvalue weighted by Gasteiger charge is -2.31. The number of anilines is 1. The second-order valence-electron chi connectivity index (χ2n) is 4.74. The van der Waals surface area contributed by atoms with Crippen LogP contribution in [0, 0.1) is 11.8 Å². The number of aromatic carboxylic acids is 1. The Morgan fingerprint density at radius 2 is 2.11 bits per heavy atom. The van der Waals surface area contributed by atoms with Crippen LogP contribution in [-0.2, 0) is 0 Å². The molecule has 2 aliphatic rings. The van der Waals surface area contributed by atoms with Gasteiger partial charge in [0.15, 0.2) is 0 Å². The maximum atomic E-state index is 10.7. The molecular weight excluding hydrogens is 228 g/mol. The van der Waals surface area contributed by atoms with E-state index in [1.807, 2.05) is 0 Å². The van der Waals surface area contributed by atoms with E-state index in [1.54, 1.807) is 24.3 Å². The number of carbonyl (C=O) groups is 1. The first-order valence-electron chi connectivity index (χ1n) is 6.06. The van der Waals surface area contributed by atoms with E-state index < -0.39 is 5.97 Å². The normalized spacial score (nSPS) is 26.8. The van der Waals surface area contributed by atoms with Crippen LogP contribution in [0.1, 0.15) is 23.2 Å². The molecule has 18 heavy (non-hydrogen) atoms. The summed E-state index contributed by atoms with van der Waals surface area (Å²) in [6.45, 7) is 0. The number of hydrazone groups is 1. The van der Waals surface area contributed by atoms with Gasteiger partial charge in [0.25, 0.3) is 0 Å². The third kappa shape index (κ3) is 1.90. The molecule has 2 atom stereocenters. The molecule has 0 amide bonds. The largest absolute Gasteiger partial charge is 0.478 e. The van der Waals surface area contributed by atoms with Gasteiger partial charge in [-0.05, 0) is 43.0 Å². The zero-order valence-electron chi connectivity index (χ0n) is 9.84. The Morgan fingerprint density at radius 1 is 1.33 bits per heavy atom. The van der Waals surface area contributed by atoms with Crippen LogP contribution in [-0.4, -0.2) is 16.8 Å². The second kappa shape index (κ2) is 4.29. The van der Waals surface area contributed by atoms with Crippen LogP contribution in [0.4, 0.5) is 5.69 Å². The van der Waals surface area contributed by atoms with Crippen LogP contribution in [0.15, 0.2) is 41.5 Å². The van der Waals surface area contributed by atoms with Gasteiger partial charge in [-0.2, -0.15) is 5.10 Å². The fraction of sp³-hybridized carbons (Fsp3) is 0.286. The van der Waals surface area contributed by atoms with Gasteiger partial charge < -0.3 is 5.11 Å². The molecule has 0 saturated heterocycles. The summed E-state index contributed by atoms with van der Waals surface area (Å²) in [6, 6.07) is 6.62. The predicted molar refractivity (Wildman–Crippen MR) is 69.8 cm³/mol. The third-order valence-corrected chi connectivity index (χ3v) is 3.62. The minimum Gasteiger partial charge on any atom is -0.478 e. The van der Waals surface area contributed by atoms with Gasteiger partial charge in [-0.1, -0.05) is 12.2 Å². The molecule has 3 rings (SSSR count). The quantitative estimate of drug-likeness (QED) is 0.632. The van der Waals surface area contributed by atoms with Gasteiger partial charge in [-0.3, -0.25) is 5.43 Å². The maximum absolute atomic E-state index is 10.7. The number of carboxylic acids is 1. The Bertz CT molecular complexity index is 531. The van der Waals surface area contributed by atoms with E-state index in [0.29, 0.717) is 11.8 Å². The van der Waals surface area contributed by atoms with E-state index in [0.717, 1.165) is 18.5 Å². The standard InChI is InChI=1S/C14H14N2O2/c17-14(18)9-4-6-11(7-5-9)15-16-13-8-10-2-1-3-12(10)13/h1-2,4-7,10,12,15H,3,8H2,(H,17,18)/b16-13-/t10-,12-/m1/s1. The molecule has 0 heterocycles. The summed E-state index contributed by atoms with van der Waals surface area (Å²) in [5.74, 6) is 0.377. The summed E-state index contributed by atoms with van der Waals surface area (Å²) in [6.07, 6.45) is 6.63. The van der Waals surface area contributed by atoms with E-state index in [2.05, 4.69) is 22.7 Å². The molecule has 1 aromatic rings. The maximum Gasteiger partial charge on any atom is 0.335 e. The van der Waals surface area contributed by atoms with Crippen LogP contribution in [0.3, 0.4) is 0 Å². The Morgan fingerprint density at radius 3 is 2.78 bits per heavy atom. The first-order valence-corrected chi connectivity index (χ1v) is 6.06. The van der Waals surface area contributed by atoms with Crippen molar-refractivity contribution in [3.8, 4) is 0 Å². The number of hydrogen-bond donors (Lipinski definition) is 2. The highest BCUT2D eigenvalue weighted by atomic mass is 16.4. The molecule has 2 aliphatic carbocycles. The first-order chi connectivity index (χ1) is 8.74. The minimum atomic E-state index is -0.910. The highest BCUT2D eigenvalue weighted by molar-refractivity contribution is 5.94. The molecule has 92 valence electrons. The monoisotopic (exact) mass is 242 g/mol. The number of allylic oxidation sites excluding steroid dienone is 2. The summed E-state index contributed by atoms with van der Waals surface area (Å²) in [7, 11) is 0. The van der Waals surface area contributed by atoms with E-state index in [1.165, 1.54) is 5.71 Å². The molecule has 2 N–H and O–H groups in total. The number of benzene rings is 1. The van der Waals surface area contributed by atoms with Crippen molar-refractivity contribution in [2.24, 2.45) is 16.9 Å². The number of hydrogen-bond acceptors (Lipinski definition) is 3. The molecule has 0 aromatic heterocycles. The molecule has 1 aromatic carbocycles. The zero-order valence-corrected chi connectivity index (χ0v) is 9.84. The number of fused-ring (bicyclic) bond motifs is 1. The fourth-order valence-electron chi connectivity index (χ4n) is 2.49. The average Bonchev–Trinajstić information content (AvgIpc) is 2.72. The van der Waals surface area contributed by atoms with Crippen LogP contribution >= 0.6 is 0 Å². The summed E-state index contributed by atoms with van der Waals surface area (Å²) in [4.78, 5) is 10.7. The smallest absolute Gasteiger partial charge is 0.335 e. The van der Waals surface area contributed by atoms with Crippen molar-refractivity contribution in [1.82, 2.24) is 0 Å². The van der Waals surface area contributed by atoms with Crippen molar-refractivity contribution in [2.45, 2.75) is 12.8 Å². The van der Waals surface area contributed by atoms with Gasteiger partial charge >= 0.3 is 5.97 Å². The molecular formula is C14H14N2O2. The number of carboxylic acid groups (broad SMARTS) is 1. The van der Waals surface area contributed by atoms with Crippen LogP contribution in [0.2, 0.25) is 0 Å². The molecule has 0 aliphatic heterocycles. The van der Waals surface area contributed by atoms with Gasteiger partial charge in [-0.25, -0.2) is 4.79 Å². The van der Waals surface area contributed by atoms with Gasteiger partial charge in [0, 0.05) is 11.6 Å². The Balaban J connectivity index is 1.63. The lowest BCUT2D eigenvalue weighted by atomic mass is 9.74. The third-order valence-electron chi connectivity index (χ3n) is 3.62. The van der Waals surface area contributed by atoms with Crippen molar-refractivity contribution in [3.05, 3.63) is 42.0 Å². The topological polar surface area (TPSA) is 61.7 Å². The summed E-state index contributed by atoms with van der Waals surface area (Å²) in [5, 5.41) is 13.2. The Labute approximate surface area is 105 Å². The van der Waals surface area contributed by atoms with Gasteiger partial charge in [0.05, 0.1) is 11.3 Å². The molecule has 0 bridgehead atoms. The molecule has 0 spiro atoms. The zero-order chi connectivity index (χ0) is 12.5. The van der Waals surface area contributed by atoms with E-state index in [4.69, 9.17) is 5.11 Å². The summed E-state index contributed by atoms with van der Waals surface area (Å²) >= 11 is 0. The first kappa shape index (κ1) is 11.0. The van der Waals surface area contributed by atoms with Crippen LogP contribution < -0.4 is 5.43 Å². The van der Waals surface area contributed by atoms with E-state index >= 15 is 0 Å². The Hall–Kier alpha value is -2.10. The van der Waals surface area contributed by atoms with Crippen molar-refractivity contribution >= 4 is 17.4 Å². The minimum absolute atomic E-state index is 0.289. The summed E-state index contributed by atoms with van der Waals surface area (Å²) in [5.41, 5.74) is 5.32. The van der Waals surface area contributed by atoms with Gasteiger partial charge in [0.2, 0.25) is 0 Å². The molecule has 0 unspecified atom stereocenters. The van der Waals surface area contributed by atoms with Crippen molar-refractivity contribution in [2.75, 3.05) is 5.43 Å². The molecule has 1 fully saturated rings. The molecule has 4 nitrogen and oxygen atoms in total. The fourth-order valence-corrected chi connectivity index (χ4v) is 2.49. The van der Waals surface area contributed by atoms with Crippen molar-refractivity contribution < 1.29 is 9.90 Å². The van der Waals surface area contributed by atoms with Gasteiger partial charge in [0.1, 0.15) is 0 Å². The average molecular weight is 242 g/mol. The summed E-state index contributed by atoms with van der Waals surface area (Å²) < 4.78 is 0. The van der Waals surface area contributed by atoms with Crippen LogP contribution in [0.5, 0.6) is 0 Å². The molecule has 1 saturated carbocycles. The Kier molecular flexibility index (Phi) is 2.63. The number of rotatable bonds is 3. The second-order valence-corrected chi connectivity index (χ2v) is 4.74. The lowest BCUT2D eigenvalue weighted by Crippen LogP contribution is -2.33. The van der Waals surface area contributed by atoms with Gasteiger partial charge in [-0.15, -0.1) is 0 Å². The SMILES string of the molecule is O=C(O)c1ccc(N/N=C2/C[C@H]3C=CC[C@@H]23)cc1. The highest BCUT2D eigenvalue weighted by Gasteiger charge is 2.37. The van der Waals surface area contributed by atoms with E-state index in [-0.39, 0.29) is 5.56 Å². The predicted octanol–water partition coefficient (Wildman–Crippen LogP) is 2.75. The van der Waals surface area contributed by atoms with Crippen LogP contribution in [0.25, 0.3) is 0 Å². The number of nitrogens with zero attached hydrogens (tertiary/aromatic N) is 1. The molecule has 4 heteroatoms. The number of nitrogens with one attached hydrogen (secondary N) is 1.